The van der Waals surface area contributed by atoms with Crippen molar-refractivity contribution in [1.29, 1.82) is 0 Å². The maximum atomic E-state index is 13.2. The van der Waals surface area contributed by atoms with Gasteiger partial charge in [-0.1, -0.05) is 18.2 Å². The molecule has 180 valence electrons. The quantitative estimate of drug-likeness (QED) is 0.315. The molecular formula is C25H34FIN4O2. The van der Waals surface area contributed by atoms with Gasteiger partial charge in [0.05, 0.1) is 12.2 Å². The highest BCUT2D eigenvalue weighted by atomic mass is 127. The third-order valence-electron chi connectivity index (χ3n) is 5.58. The Hall–Kier alpha value is -2.20. The number of rotatable bonds is 6. The summed E-state index contributed by atoms with van der Waals surface area (Å²) in [7, 11) is 1.73. The number of ether oxygens (including phenoxy) is 1. The van der Waals surface area contributed by atoms with Gasteiger partial charge in [0.15, 0.2) is 5.96 Å². The van der Waals surface area contributed by atoms with Gasteiger partial charge in [0, 0.05) is 38.8 Å². The SMILES string of the molecule is CN=C(NCCc1ccc(F)cc1C)NCc1ccc(C(=O)N2CC(C)OC(C)C2)cc1.I. The molecule has 8 heteroatoms. The van der Waals surface area contributed by atoms with Crippen molar-refractivity contribution in [3.63, 3.8) is 0 Å². The zero-order chi connectivity index (χ0) is 23.1. The van der Waals surface area contributed by atoms with Gasteiger partial charge < -0.3 is 20.3 Å². The number of carbonyl (C=O) groups excluding carboxylic acids is 1. The number of carbonyl (C=O) groups is 1. The van der Waals surface area contributed by atoms with E-state index in [4.69, 9.17) is 4.74 Å². The molecule has 0 radical (unpaired) electrons. The summed E-state index contributed by atoms with van der Waals surface area (Å²) in [4.78, 5) is 18.9. The monoisotopic (exact) mass is 568 g/mol. The van der Waals surface area contributed by atoms with Gasteiger partial charge in [0.25, 0.3) is 5.91 Å². The molecule has 1 amide bonds. The van der Waals surface area contributed by atoms with Crippen LogP contribution in [0.1, 0.15) is 40.9 Å². The van der Waals surface area contributed by atoms with E-state index in [1.165, 1.54) is 6.07 Å². The zero-order valence-electron chi connectivity index (χ0n) is 19.7. The molecule has 0 bridgehead atoms. The molecule has 2 N–H and O–H groups in total. The van der Waals surface area contributed by atoms with E-state index in [0.717, 1.165) is 23.1 Å². The van der Waals surface area contributed by atoms with Gasteiger partial charge in [-0.2, -0.15) is 0 Å². The number of aliphatic imine (C=N–C) groups is 1. The minimum Gasteiger partial charge on any atom is -0.372 e. The number of benzene rings is 2. The average molecular weight is 568 g/mol. The lowest BCUT2D eigenvalue weighted by molar-refractivity contribution is -0.0586. The molecule has 33 heavy (non-hydrogen) atoms. The summed E-state index contributed by atoms with van der Waals surface area (Å²) in [6.45, 7) is 8.42. The second-order valence-electron chi connectivity index (χ2n) is 8.34. The first kappa shape index (κ1) is 27.0. The Kier molecular flexibility index (Phi) is 10.6. The van der Waals surface area contributed by atoms with E-state index in [1.807, 2.05) is 56.0 Å². The van der Waals surface area contributed by atoms with Crippen LogP contribution in [-0.4, -0.2) is 55.7 Å². The molecule has 6 nitrogen and oxygen atoms in total. The van der Waals surface area contributed by atoms with Gasteiger partial charge in [0.2, 0.25) is 0 Å². The Bertz CT molecular complexity index is 942. The molecular weight excluding hydrogens is 534 g/mol. The van der Waals surface area contributed by atoms with Crippen molar-refractivity contribution in [2.24, 2.45) is 4.99 Å². The fourth-order valence-electron chi connectivity index (χ4n) is 3.95. The number of nitrogens with one attached hydrogen (secondary N) is 2. The Morgan fingerprint density at radius 1 is 1.12 bits per heavy atom. The normalized spacial score (nSPS) is 18.5. The molecule has 2 aromatic carbocycles. The number of halogens is 2. The number of hydrogen-bond donors (Lipinski definition) is 2. The summed E-state index contributed by atoms with van der Waals surface area (Å²) in [5.41, 5.74) is 3.80. The van der Waals surface area contributed by atoms with E-state index in [2.05, 4.69) is 15.6 Å². The van der Waals surface area contributed by atoms with Crippen molar-refractivity contribution in [1.82, 2.24) is 15.5 Å². The van der Waals surface area contributed by atoms with E-state index in [1.54, 1.807) is 13.1 Å². The van der Waals surface area contributed by atoms with Crippen LogP contribution in [0, 0.1) is 12.7 Å². The first-order chi connectivity index (χ1) is 15.4. The minimum atomic E-state index is -0.210. The predicted molar refractivity (Wildman–Crippen MR) is 141 cm³/mol. The molecule has 3 rings (SSSR count). The number of hydrogen-bond acceptors (Lipinski definition) is 3. The highest BCUT2D eigenvalue weighted by Gasteiger charge is 2.26. The maximum absolute atomic E-state index is 13.2. The molecule has 2 atom stereocenters. The van der Waals surface area contributed by atoms with E-state index in [0.29, 0.717) is 37.7 Å². The topological polar surface area (TPSA) is 66.0 Å². The van der Waals surface area contributed by atoms with Crippen molar-refractivity contribution in [2.75, 3.05) is 26.7 Å². The van der Waals surface area contributed by atoms with E-state index in [9.17, 15) is 9.18 Å². The lowest BCUT2D eigenvalue weighted by atomic mass is 10.1. The van der Waals surface area contributed by atoms with Gasteiger partial charge in [-0.3, -0.25) is 9.79 Å². The number of aryl methyl sites for hydroxylation is 1. The smallest absolute Gasteiger partial charge is 0.254 e. The highest BCUT2D eigenvalue weighted by molar-refractivity contribution is 14.0. The summed E-state index contributed by atoms with van der Waals surface area (Å²) in [6.07, 6.45) is 0.886. The largest absolute Gasteiger partial charge is 0.372 e. The first-order valence-electron chi connectivity index (χ1n) is 11.1. The molecule has 1 aliphatic rings. The van der Waals surface area contributed by atoms with Gasteiger partial charge >= 0.3 is 0 Å². The van der Waals surface area contributed by atoms with Crippen LogP contribution in [0.15, 0.2) is 47.5 Å². The van der Waals surface area contributed by atoms with Crippen LogP contribution in [0.25, 0.3) is 0 Å². The summed E-state index contributed by atoms with van der Waals surface area (Å²) >= 11 is 0. The van der Waals surface area contributed by atoms with Crippen LogP contribution in [0.4, 0.5) is 4.39 Å². The predicted octanol–water partition coefficient (Wildman–Crippen LogP) is 3.91. The Morgan fingerprint density at radius 3 is 2.39 bits per heavy atom. The van der Waals surface area contributed by atoms with E-state index >= 15 is 0 Å². The van der Waals surface area contributed by atoms with E-state index < -0.39 is 0 Å². The van der Waals surface area contributed by atoms with Crippen molar-refractivity contribution >= 4 is 35.8 Å². The fourth-order valence-corrected chi connectivity index (χ4v) is 3.95. The van der Waals surface area contributed by atoms with Gasteiger partial charge in [-0.25, -0.2) is 4.39 Å². The zero-order valence-corrected chi connectivity index (χ0v) is 22.1. The molecule has 1 aliphatic heterocycles. The summed E-state index contributed by atoms with van der Waals surface area (Å²) in [6, 6.07) is 12.5. The van der Waals surface area contributed by atoms with Crippen molar-refractivity contribution in [3.8, 4) is 0 Å². The molecule has 2 unspecified atom stereocenters. The molecule has 0 spiro atoms. The van der Waals surface area contributed by atoms with Crippen LogP contribution in [0.3, 0.4) is 0 Å². The second-order valence-corrected chi connectivity index (χ2v) is 8.34. The van der Waals surface area contributed by atoms with Crippen LogP contribution in [0.2, 0.25) is 0 Å². The standard InChI is InChI=1S/C25H33FN4O2.HI/c1-17-13-23(26)10-9-21(17)11-12-28-25(27-4)29-14-20-5-7-22(8-6-20)24(31)30-15-18(2)32-19(3)16-30;/h5-10,13,18-19H,11-12,14-16H2,1-4H3,(H2,27,28,29);1H. The number of morpholine rings is 1. The maximum Gasteiger partial charge on any atom is 0.254 e. The second kappa shape index (κ2) is 12.9. The van der Waals surface area contributed by atoms with E-state index in [-0.39, 0.29) is 47.9 Å². The third-order valence-corrected chi connectivity index (χ3v) is 5.58. The molecule has 0 aromatic heterocycles. The van der Waals surface area contributed by atoms with Crippen LogP contribution >= 0.6 is 24.0 Å². The summed E-state index contributed by atoms with van der Waals surface area (Å²) < 4.78 is 19.0. The number of amides is 1. The number of guanidine groups is 1. The molecule has 1 saturated heterocycles. The molecule has 0 saturated carbocycles. The fraction of sp³-hybridized carbons (Fsp3) is 0.440. The van der Waals surface area contributed by atoms with Crippen molar-refractivity contribution < 1.29 is 13.9 Å². The van der Waals surface area contributed by atoms with Crippen molar-refractivity contribution in [3.05, 3.63) is 70.5 Å². The summed E-state index contributed by atoms with van der Waals surface area (Å²) in [5.74, 6) is 0.528. The molecule has 1 heterocycles. The van der Waals surface area contributed by atoms with Gasteiger partial charge in [0.1, 0.15) is 5.82 Å². The van der Waals surface area contributed by atoms with Gasteiger partial charge in [-0.15, -0.1) is 24.0 Å². The Morgan fingerprint density at radius 2 is 1.79 bits per heavy atom. The van der Waals surface area contributed by atoms with Crippen LogP contribution in [0.5, 0.6) is 0 Å². The summed E-state index contributed by atoms with van der Waals surface area (Å²) in [5, 5.41) is 6.57. The van der Waals surface area contributed by atoms with Crippen LogP contribution in [-0.2, 0) is 17.7 Å². The lowest BCUT2D eigenvalue weighted by Crippen LogP contribution is -2.48. The lowest BCUT2D eigenvalue weighted by Gasteiger charge is -2.35. The highest BCUT2D eigenvalue weighted by Crippen LogP contribution is 2.15. The Balaban J connectivity index is 0.00000385. The Labute approximate surface area is 213 Å². The third kappa shape index (κ3) is 7.96. The first-order valence-corrected chi connectivity index (χ1v) is 11.1. The van der Waals surface area contributed by atoms with Crippen LogP contribution < -0.4 is 10.6 Å². The minimum absolute atomic E-state index is 0. The van der Waals surface area contributed by atoms with Crippen molar-refractivity contribution in [2.45, 2.75) is 45.9 Å². The number of nitrogens with zero attached hydrogens (tertiary/aromatic N) is 2. The molecule has 2 aromatic rings. The molecule has 0 aliphatic carbocycles. The average Bonchev–Trinajstić information content (AvgIpc) is 2.76. The molecule has 1 fully saturated rings. The van der Waals surface area contributed by atoms with Gasteiger partial charge in [-0.05, 0) is 68.1 Å².